The highest BCUT2D eigenvalue weighted by Gasteiger charge is 2.57. The van der Waals surface area contributed by atoms with Crippen molar-refractivity contribution in [3.05, 3.63) is 23.9 Å². The van der Waals surface area contributed by atoms with Gasteiger partial charge in [0.15, 0.2) is 5.60 Å². The Hall–Kier alpha value is -1.34. The van der Waals surface area contributed by atoms with Crippen LogP contribution in [0.15, 0.2) is 18.3 Å². The van der Waals surface area contributed by atoms with Crippen molar-refractivity contribution in [3.8, 4) is 0 Å². The predicted octanol–water partition coefficient (Wildman–Crippen LogP) is 1.27. The molecule has 1 atom stereocenters. The Morgan fingerprint density at radius 1 is 1.35 bits per heavy atom. The van der Waals surface area contributed by atoms with Gasteiger partial charge in [-0.1, -0.05) is 6.07 Å². The van der Waals surface area contributed by atoms with Crippen LogP contribution in [0.4, 0.5) is 19.0 Å². The van der Waals surface area contributed by atoms with Gasteiger partial charge in [0.1, 0.15) is 5.82 Å². The molecule has 4 nitrogen and oxygen atoms in total. The van der Waals surface area contributed by atoms with Gasteiger partial charge in [-0.2, -0.15) is 13.2 Å². The lowest BCUT2D eigenvalue weighted by atomic mass is 9.95. The molecule has 2 aliphatic rings. The van der Waals surface area contributed by atoms with E-state index in [1.165, 1.54) is 4.90 Å². The predicted molar refractivity (Wildman–Crippen MR) is 67.7 cm³/mol. The smallest absolute Gasteiger partial charge is 0.379 e. The third-order valence-corrected chi connectivity index (χ3v) is 4.12. The number of anilines is 1. The zero-order valence-corrected chi connectivity index (χ0v) is 10.8. The number of nitrogens with one attached hydrogen (secondary N) is 1. The Kier molecular flexibility index (Phi) is 3.13. The number of halogens is 3. The first-order valence-electron chi connectivity index (χ1n) is 6.60. The third-order valence-electron chi connectivity index (χ3n) is 4.12. The molecule has 0 amide bonds. The highest BCUT2D eigenvalue weighted by atomic mass is 19.4. The van der Waals surface area contributed by atoms with Gasteiger partial charge in [0, 0.05) is 38.2 Å². The van der Waals surface area contributed by atoms with Crippen LogP contribution in [0.2, 0.25) is 0 Å². The van der Waals surface area contributed by atoms with Crippen molar-refractivity contribution in [2.24, 2.45) is 0 Å². The lowest BCUT2D eigenvalue weighted by Crippen LogP contribution is -2.47. The number of pyridine rings is 1. The van der Waals surface area contributed by atoms with E-state index in [0.717, 1.165) is 18.7 Å². The molecule has 3 rings (SSSR count). The molecule has 0 aromatic carbocycles. The Bertz CT molecular complexity index is 487. The van der Waals surface area contributed by atoms with E-state index in [4.69, 9.17) is 0 Å². The molecule has 0 saturated carbocycles. The van der Waals surface area contributed by atoms with Gasteiger partial charge in [-0.25, -0.2) is 4.98 Å². The van der Waals surface area contributed by atoms with Crippen molar-refractivity contribution in [2.45, 2.75) is 24.1 Å². The van der Waals surface area contributed by atoms with Crippen LogP contribution in [-0.2, 0) is 0 Å². The van der Waals surface area contributed by atoms with Crippen molar-refractivity contribution in [2.75, 3.05) is 31.1 Å². The molecule has 3 heterocycles. The van der Waals surface area contributed by atoms with Crippen molar-refractivity contribution in [1.82, 2.24) is 10.3 Å². The lowest BCUT2D eigenvalue weighted by Gasteiger charge is -2.28. The molecule has 2 aliphatic heterocycles. The van der Waals surface area contributed by atoms with Gasteiger partial charge in [0.2, 0.25) is 0 Å². The summed E-state index contributed by atoms with van der Waals surface area (Å²) in [5.74, 6) is 0.934. The lowest BCUT2D eigenvalue weighted by molar-refractivity contribution is -0.250. The quantitative estimate of drug-likeness (QED) is 0.860. The molecule has 0 radical (unpaired) electrons. The first kappa shape index (κ1) is 13.6. The molecular formula is C13H16F3N3O. The average molecular weight is 287 g/mol. The molecule has 0 bridgehead atoms. The highest BCUT2D eigenvalue weighted by molar-refractivity contribution is 5.42. The Morgan fingerprint density at radius 3 is 2.55 bits per heavy atom. The summed E-state index contributed by atoms with van der Waals surface area (Å²) in [6.07, 6.45) is -3.20. The summed E-state index contributed by atoms with van der Waals surface area (Å²) in [5.41, 5.74) is -1.52. The number of alkyl halides is 3. The summed E-state index contributed by atoms with van der Waals surface area (Å²) in [7, 11) is 0. The number of aromatic nitrogens is 1. The van der Waals surface area contributed by atoms with Gasteiger partial charge in [0.05, 0.1) is 6.54 Å². The number of nitrogens with zero attached hydrogens (tertiary/aromatic N) is 2. The van der Waals surface area contributed by atoms with Gasteiger partial charge >= 0.3 is 6.18 Å². The molecule has 1 unspecified atom stereocenters. The fourth-order valence-corrected chi connectivity index (χ4v) is 2.57. The summed E-state index contributed by atoms with van der Waals surface area (Å²) >= 11 is 0. The summed E-state index contributed by atoms with van der Waals surface area (Å²) in [5, 5.41) is 12.8. The van der Waals surface area contributed by atoms with Crippen molar-refractivity contribution < 1.29 is 18.3 Å². The fourth-order valence-electron chi connectivity index (χ4n) is 2.57. The molecule has 1 aromatic rings. The molecule has 2 saturated heterocycles. The second kappa shape index (κ2) is 4.60. The van der Waals surface area contributed by atoms with Crippen LogP contribution in [0.25, 0.3) is 0 Å². The zero-order valence-electron chi connectivity index (χ0n) is 10.8. The van der Waals surface area contributed by atoms with Crippen LogP contribution in [0.5, 0.6) is 0 Å². The average Bonchev–Trinajstić information content (AvgIpc) is 2.71. The molecule has 20 heavy (non-hydrogen) atoms. The first-order valence-corrected chi connectivity index (χ1v) is 6.60. The number of β-amino-alcohol motifs (C(OH)–C–C–N with tert-alkyl or cyclic N) is 1. The van der Waals surface area contributed by atoms with Gasteiger partial charge < -0.3 is 15.3 Å². The molecule has 0 spiro atoms. The fraction of sp³-hybridized carbons (Fsp3) is 0.615. The first-order chi connectivity index (χ1) is 9.39. The molecule has 0 aliphatic carbocycles. The minimum Gasteiger partial charge on any atom is -0.379 e. The summed E-state index contributed by atoms with van der Waals surface area (Å²) in [6.45, 7) is 1.54. The van der Waals surface area contributed by atoms with E-state index in [9.17, 15) is 18.3 Å². The second-order valence-electron chi connectivity index (χ2n) is 5.51. The van der Waals surface area contributed by atoms with Gasteiger partial charge in [-0.3, -0.25) is 0 Å². The van der Waals surface area contributed by atoms with Gasteiger partial charge in [0.25, 0.3) is 0 Å². The largest absolute Gasteiger partial charge is 0.418 e. The molecule has 110 valence electrons. The van der Waals surface area contributed by atoms with Crippen LogP contribution in [0, 0.1) is 0 Å². The normalized spacial score (nSPS) is 27.7. The molecule has 2 fully saturated rings. The topological polar surface area (TPSA) is 48.4 Å². The standard InChI is InChI=1S/C13H16F3N3O/c14-13(15,16)12(20)3-4-19(8-12)11-2-1-9(7-18-11)10-5-17-6-10/h1-2,7,10,17,20H,3-6,8H2. The summed E-state index contributed by atoms with van der Waals surface area (Å²) in [6, 6.07) is 3.63. The van der Waals surface area contributed by atoms with Crippen molar-refractivity contribution >= 4 is 5.82 Å². The Labute approximate surface area is 114 Å². The number of aliphatic hydroxyl groups is 1. The van der Waals surface area contributed by atoms with Crippen LogP contribution in [-0.4, -0.2) is 48.0 Å². The van der Waals surface area contributed by atoms with E-state index in [1.54, 1.807) is 12.3 Å². The van der Waals surface area contributed by atoms with Crippen LogP contribution < -0.4 is 10.2 Å². The zero-order chi connectivity index (χ0) is 14.4. The Morgan fingerprint density at radius 2 is 2.10 bits per heavy atom. The van der Waals surface area contributed by atoms with Crippen molar-refractivity contribution in [1.29, 1.82) is 0 Å². The minimum atomic E-state index is -4.60. The number of hydrogen-bond acceptors (Lipinski definition) is 4. The summed E-state index contributed by atoms with van der Waals surface area (Å²) < 4.78 is 38.3. The van der Waals surface area contributed by atoms with E-state index in [1.807, 2.05) is 6.07 Å². The molecule has 2 N–H and O–H groups in total. The van der Waals surface area contributed by atoms with Crippen molar-refractivity contribution in [3.63, 3.8) is 0 Å². The Balaban J connectivity index is 1.71. The highest BCUT2D eigenvalue weighted by Crippen LogP contribution is 2.38. The monoisotopic (exact) mass is 287 g/mol. The minimum absolute atomic E-state index is 0.160. The van der Waals surface area contributed by atoms with E-state index in [2.05, 4.69) is 10.3 Å². The van der Waals surface area contributed by atoms with E-state index in [-0.39, 0.29) is 13.0 Å². The maximum absolute atomic E-state index is 12.8. The maximum atomic E-state index is 12.8. The molecular weight excluding hydrogens is 271 g/mol. The maximum Gasteiger partial charge on any atom is 0.418 e. The molecule has 1 aromatic heterocycles. The van der Waals surface area contributed by atoms with E-state index < -0.39 is 18.3 Å². The van der Waals surface area contributed by atoms with Gasteiger partial charge in [-0.15, -0.1) is 0 Å². The van der Waals surface area contributed by atoms with Gasteiger partial charge in [-0.05, 0) is 11.6 Å². The third kappa shape index (κ3) is 2.25. The van der Waals surface area contributed by atoms with E-state index in [0.29, 0.717) is 11.7 Å². The number of rotatable bonds is 2. The SMILES string of the molecule is OC1(C(F)(F)F)CCN(c2ccc(C3CNC3)cn2)C1. The van der Waals surface area contributed by atoms with Crippen LogP contribution >= 0.6 is 0 Å². The van der Waals surface area contributed by atoms with Crippen LogP contribution in [0.1, 0.15) is 17.9 Å². The van der Waals surface area contributed by atoms with Crippen LogP contribution in [0.3, 0.4) is 0 Å². The second-order valence-corrected chi connectivity index (χ2v) is 5.51. The summed E-state index contributed by atoms with van der Waals surface area (Å²) in [4.78, 5) is 5.71. The number of hydrogen-bond donors (Lipinski definition) is 2. The molecule has 7 heteroatoms. The van der Waals surface area contributed by atoms with E-state index >= 15 is 0 Å².